The molecule has 2 aliphatic carbocycles. The second kappa shape index (κ2) is 10.9. The first-order chi connectivity index (χ1) is 17.0. The summed E-state index contributed by atoms with van der Waals surface area (Å²) in [6.07, 6.45) is -14.8. The topological polar surface area (TPSA) is 263 Å². The van der Waals surface area contributed by atoms with E-state index in [1.807, 2.05) is 0 Å². The molecule has 0 aromatic heterocycles. The van der Waals surface area contributed by atoms with Gasteiger partial charge < -0.3 is 76.6 Å². The second-order valence-corrected chi connectivity index (χ2v) is 10.2. The van der Waals surface area contributed by atoms with E-state index in [9.17, 15) is 40.9 Å². The van der Waals surface area contributed by atoms with Crippen LogP contribution in [0.5, 0.6) is 0 Å². The molecule has 210 valence electrons. The molecule has 15 heteroatoms. The first-order valence-electron chi connectivity index (χ1n) is 12.2. The van der Waals surface area contributed by atoms with Crippen molar-refractivity contribution >= 4 is 0 Å². The molecule has 4 fully saturated rings. The van der Waals surface area contributed by atoms with Crippen LogP contribution >= 0.6 is 0 Å². The number of rotatable bonds is 6. The lowest BCUT2D eigenvalue weighted by molar-refractivity contribution is -0.438. The van der Waals surface area contributed by atoms with Crippen LogP contribution in [-0.4, -0.2) is 152 Å². The summed E-state index contributed by atoms with van der Waals surface area (Å²) in [4.78, 5) is 0. The summed E-state index contributed by atoms with van der Waals surface area (Å²) >= 11 is 0. The molecule has 2 heterocycles. The molecule has 16 atom stereocenters. The van der Waals surface area contributed by atoms with Crippen LogP contribution in [0.1, 0.15) is 12.8 Å². The lowest BCUT2D eigenvalue weighted by Gasteiger charge is -2.46. The Morgan fingerprint density at radius 3 is 2.19 bits per heavy atom. The zero-order chi connectivity index (χ0) is 26.5. The molecule has 13 N–H and O–H groups in total. The molecule has 0 radical (unpaired) electrons. The molecule has 2 saturated heterocycles. The van der Waals surface area contributed by atoms with E-state index in [0.717, 1.165) is 0 Å². The van der Waals surface area contributed by atoms with Gasteiger partial charge in [0.25, 0.3) is 0 Å². The Bertz CT molecular complexity index is 755. The molecule has 2 aliphatic heterocycles. The third-order valence-corrected chi connectivity index (χ3v) is 7.94. The van der Waals surface area contributed by atoms with Gasteiger partial charge in [-0.05, 0) is 19.9 Å². The normalized spacial score (nSPS) is 54.4. The van der Waals surface area contributed by atoms with Gasteiger partial charge in [0.05, 0.1) is 37.1 Å². The van der Waals surface area contributed by atoms with Crippen LogP contribution in [0, 0.1) is 5.92 Å². The molecule has 15 nitrogen and oxygen atoms in total. The molecule has 0 amide bonds. The van der Waals surface area contributed by atoms with Crippen LogP contribution in [0.2, 0.25) is 0 Å². The number of hydrogen-bond acceptors (Lipinski definition) is 15. The minimum atomic E-state index is -2.40. The minimum absolute atomic E-state index is 0.0223. The molecule has 0 aromatic rings. The van der Waals surface area contributed by atoms with Crippen molar-refractivity contribution in [3.63, 3.8) is 0 Å². The molecule has 1 spiro atoms. The Labute approximate surface area is 207 Å². The van der Waals surface area contributed by atoms with E-state index in [1.54, 1.807) is 7.05 Å². The van der Waals surface area contributed by atoms with Crippen LogP contribution < -0.4 is 16.8 Å². The van der Waals surface area contributed by atoms with E-state index in [1.165, 1.54) is 0 Å². The Balaban J connectivity index is 1.62. The largest absolute Gasteiger partial charge is 0.396 e. The van der Waals surface area contributed by atoms with Gasteiger partial charge in [-0.2, -0.15) is 0 Å². The minimum Gasteiger partial charge on any atom is -0.396 e. The van der Waals surface area contributed by atoms with Gasteiger partial charge in [-0.1, -0.05) is 0 Å². The Hall–Kier alpha value is -0.600. The predicted octanol–water partition coefficient (Wildman–Crippen LogP) is -6.61. The summed E-state index contributed by atoms with van der Waals surface area (Å²) in [5.74, 6) is -3.17. The summed E-state index contributed by atoms with van der Waals surface area (Å²) in [5.41, 5.74) is 11.9. The molecular weight excluding hydrogens is 486 g/mol. The van der Waals surface area contributed by atoms with Gasteiger partial charge in [0.1, 0.15) is 36.6 Å². The van der Waals surface area contributed by atoms with E-state index in [2.05, 4.69) is 5.32 Å². The van der Waals surface area contributed by atoms with E-state index in [-0.39, 0.29) is 6.42 Å². The van der Waals surface area contributed by atoms with E-state index < -0.39 is 110 Å². The zero-order valence-corrected chi connectivity index (χ0v) is 19.9. The number of fused-ring (bicyclic) bond motifs is 1. The van der Waals surface area contributed by atoms with Gasteiger partial charge in [0.15, 0.2) is 6.10 Å². The van der Waals surface area contributed by atoms with Crippen molar-refractivity contribution in [2.45, 2.75) is 104 Å². The molecule has 36 heavy (non-hydrogen) atoms. The van der Waals surface area contributed by atoms with Crippen molar-refractivity contribution in [2.75, 3.05) is 20.3 Å². The third kappa shape index (κ3) is 4.70. The fourth-order valence-corrected chi connectivity index (χ4v) is 5.71. The van der Waals surface area contributed by atoms with Gasteiger partial charge in [-0.25, -0.2) is 0 Å². The summed E-state index contributed by atoms with van der Waals surface area (Å²) in [5, 5.41) is 86.1. The summed E-state index contributed by atoms with van der Waals surface area (Å²) in [6.45, 7) is -1.09. The molecule has 0 unspecified atom stereocenters. The number of likely N-dealkylation sites (N-methyl/N-ethyl adjacent to an activating group) is 1. The van der Waals surface area contributed by atoms with Crippen LogP contribution in [-0.2, 0) is 18.9 Å². The van der Waals surface area contributed by atoms with Crippen molar-refractivity contribution in [1.29, 1.82) is 0 Å². The summed E-state index contributed by atoms with van der Waals surface area (Å²) in [6, 6.07) is -2.36. The van der Waals surface area contributed by atoms with Crippen LogP contribution in [0.3, 0.4) is 0 Å². The maximum atomic E-state index is 10.9. The number of nitrogens with two attached hydrogens (primary N) is 2. The van der Waals surface area contributed by atoms with Gasteiger partial charge in [-0.3, -0.25) is 0 Å². The number of aliphatic hydroxyl groups is 8. The highest BCUT2D eigenvalue weighted by Gasteiger charge is 2.67. The number of ether oxygens (including phenoxy) is 4. The van der Waals surface area contributed by atoms with Crippen molar-refractivity contribution in [1.82, 2.24) is 5.32 Å². The van der Waals surface area contributed by atoms with Crippen LogP contribution in [0.25, 0.3) is 0 Å². The Morgan fingerprint density at radius 2 is 1.58 bits per heavy atom. The smallest absolute Gasteiger partial charge is 0.314 e. The number of hydrogen-bond donors (Lipinski definition) is 11. The van der Waals surface area contributed by atoms with Crippen molar-refractivity contribution < 1.29 is 59.8 Å². The molecule has 2 saturated carbocycles. The fraction of sp³-hybridized carbons (Fsp3) is 1.00. The standard InChI is InChI=1S/C21H39N3O12/c1-24-9-3-7(22)12(28)18(13(9)29)33-10-2-6(4-25)11(27)19-17(10)35-21(36-19)20(32)15(31)14(30)16(34-21)8(23)5-26/h6-20,24-32H,2-5,22-23H2,1H3/t6-,7-,8+,9+,10-,11+,12+,13-,14-,15-,16-,17-,18-,19+,20-,21-/m1/s1. The van der Waals surface area contributed by atoms with Gasteiger partial charge in [0.2, 0.25) is 0 Å². The Morgan fingerprint density at radius 1 is 0.917 bits per heavy atom. The summed E-state index contributed by atoms with van der Waals surface area (Å²) in [7, 11) is 1.64. The summed E-state index contributed by atoms with van der Waals surface area (Å²) < 4.78 is 23.5. The van der Waals surface area contributed by atoms with Crippen molar-refractivity contribution in [2.24, 2.45) is 17.4 Å². The molecule has 4 aliphatic rings. The average Bonchev–Trinajstić information content (AvgIpc) is 3.27. The molecule has 0 aromatic carbocycles. The maximum absolute atomic E-state index is 10.9. The zero-order valence-electron chi connectivity index (χ0n) is 19.9. The van der Waals surface area contributed by atoms with Crippen molar-refractivity contribution in [3.8, 4) is 0 Å². The van der Waals surface area contributed by atoms with Gasteiger partial charge >= 0.3 is 5.97 Å². The number of nitrogens with one attached hydrogen (secondary N) is 1. The SMILES string of the molecule is CN[C@H]1C[C@@H](N)[C@H](O)[C@@H](O[C@@H]2C[C@H](CO)[C@H](O)[C@@H]3O[C@]4(O[C@H]([C@@H](N)CO)[C@H](O)[C@@H](O)[C@H]4O)O[C@@H]32)[C@@H]1O. The highest BCUT2D eigenvalue weighted by molar-refractivity contribution is 5.06. The van der Waals surface area contributed by atoms with Gasteiger partial charge in [-0.15, -0.1) is 0 Å². The van der Waals surface area contributed by atoms with Gasteiger partial charge in [0, 0.05) is 24.6 Å². The fourth-order valence-electron chi connectivity index (χ4n) is 5.71. The predicted molar refractivity (Wildman–Crippen MR) is 118 cm³/mol. The van der Waals surface area contributed by atoms with Crippen molar-refractivity contribution in [3.05, 3.63) is 0 Å². The highest BCUT2D eigenvalue weighted by Crippen LogP contribution is 2.46. The Kier molecular flexibility index (Phi) is 8.58. The van der Waals surface area contributed by atoms with Crippen LogP contribution in [0.4, 0.5) is 0 Å². The number of aliphatic hydroxyl groups excluding tert-OH is 8. The lowest BCUT2D eigenvalue weighted by Crippen LogP contribution is -2.68. The monoisotopic (exact) mass is 525 g/mol. The lowest BCUT2D eigenvalue weighted by atomic mass is 9.80. The second-order valence-electron chi connectivity index (χ2n) is 10.2. The quantitative estimate of drug-likeness (QED) is 0.154. The third-order valence-electron chi connectivity index (χ3n) is 7.94. The first-order valence-corrected chi connectivity index (χ1v) is 12.2. The van der Waals surface area contributed by atoms with Crippen LogP contribution in [0.15, 0.2) is 0 Å². The average molecular weight is 526 g/mol. The maximum Gasteiger partial charge on any atom is 0.314 e. The van der Waals surface area contributed by atoms with E-state index in [0.29, 0.717) is 6.42 Å². The molecule has 4 rings (SSSR count). The highest BCUT2D eigenvalue weighted by atomic mass is 16.9. The van der Waals surface area contributed by atoms with E-state index in [4.69, 9.17) is 30.4 Å². The molecule has 0 bridgehead atoms. The van der Waals surface area contributed by atoms with E-state index >= 15 is 0 Å². The molecular formula is C21H39N3O12. The first kappa shape index (κ1) is 28.4.